The molecule has 3 nitrogen and oxygen atoms in total. The SMILES string of the molecule is CCCCCNN(C)CNC. The van der Waals surface area contributed by atoms with Crippen molar-refractivity contribution in [3.05, 3.63) is 0 Å². The lowest BCUT2D eigenvalue weighted by atomic mass is 10.2. The number of nitrogens with one attached hydrogen (secondary N) is 2. The van der Waals surface area contributed by atoms with Gasteiger partial charge in [0.1, 0.15) is 0 Å². The molecule has 0 aliphatic carbocycles. The first-order valence-corrected chi connectivity index (χ1v) is 4.40. The van der Waals surface area contributed by atoms with E-state index in [1.165, 1.54) is 19.3 Å². The molecule has 0 amide bonds. The minimum Gasteiger partial charge on any atom is -0.306 e. The van der Waals surface area contributed by atoms with Gasteiger partial charge in [-0.15, -0.1) is 0 Å². The minimum absolute atomic E-state index is 0.895. The van der Waals surface area contributed by atoms with Crippen molar-refractivity contribution in [2.45, 2.75) is 26.2 Å². The van der Waals surface area contributed by atoms with Gasteiger partial charge in [0.05, 0.1) is 6.67 Å². The van der Waals surface area contributed by atoms with Crippen LogP contribution in [0.15, 0.2) is 0 Å². The highest BCUT2D eigenvalue weighted by Gasteiger charge is 1.92. The van der Waals surface area contributed by atoms with Gasteiger partial charge in [-0.3, -0.25) is 5.43 Å². The molecule has 0 unspecified atom stereocenters. The molecule has 0 aliphatic heterocycles. The van der Waals surface area contributed by atoms with Gasteiger partial charge in [-0.2, -0.15) is 0 Å². The van der Waals surface area contributed by atoms with Crippen LogP contribution in [0.5, 0.6) is 0 Å². The van der Waals surface area contributed by atoms with Crippen LogP contribution in [0.2, 0.25) is 0 Å². The minimum atomic E-state index is 0.895. The van der Waals surface area contributed by atoms with Crippen molar-refractivity contribution < 1.29 is 0 Å². The Hall–Kier alpha value is -0.120. The third kappa shape index (κ3) is 7.78. The van der Waals surface area contributed by atoms with E-state index in [-0.39, 0.29) is 0 Å². The fourth-order valence-corrected chi connectivity index (χ4v) is 0.938. The number of unbranched alkanes of at least 4 members (excludes halogenated alkanes) is 2. The number of hydrazine groups is 1. The molecule has 0 saturated carbocycles. The van der Waals surface area contributed by atoms with Crippen LogP contribution in [-0.2, 0) is 0 Å². The molecule has 11 heavy (non-hydrogen) atoms. The van der Waals surface area contributed by atoms with Crippen LogP contribution in [0.1, 0.15) is 26.2 Å². The average Bonchev–Trinajstić information content (AvgIpc) is 1.99. The Kier molecular flexibility index (Phi) is 7.89. The molecule has 0 rings (SSSR count). The largest absolute Gasteiger partial charge is 0.306 e. The molecule has 0 heterocycles. The van der Waals surface area contributed by atoms with E-state index in [9.17, 15) is 0 Å². The molecule has 0 atom stereocenters. The lowest BCUT2D eigenvalue weighted by Gasteiger charge is -2.16. The van der Waals surface area contributed by atoms with Crippen molar-refractivity contribution in [2.75, 3.05) is 27.3 Å². The Balaban J connectivity index is 2.97. The quantitative estimate of drug-likeness (QED) is 0.327. The number of nitrogens with zero attached hydrogens (tertiary/aromatic N) is 1. The molecule has 0 aromatic carbocycles. The van der Waals surface area contributed by atoms with Crippen LogP contribution < -0.4 is 10.7 Å². The van der Waals surface area contributed by atoms with Crippen LogP contribution in [0.3, 0.4) is 0 Å². The van der Waals surface area contributed by atoms with Gasteiger partial charge in [-0.25, -0.2) is 5.01 Å². The van der Waals surface area contributed by atoms with Crippen molar-refractivity contribution in [1.29, 1.82) is 0 Å². The van der Waals surface area contributed by atoms with Crippen molar-refractivity contribution in [2.24, 2.45) is 0 Å². The number of hydrogen-bond acceptors (Lipinski definition) is 3. The van der Waals surface area contributed by atoms with E-state index < -0.39 is 0 Å². The third-order valence-corrected chi connectivity index (χ3v) is 1.56. The highest BCUT2D eigenvalue weighted by atomic mass is 15.5. The van der Waals surface area contributed by atoms with Gasteiger partial charge in [0, 0.05) is 13.6 Å². The Bertz CT molecular complexity index is 75.7. The summed E-state index contributed by atoms with van der Waals surface area (Å²) in [5.41, 5.74) is 3.29. The molecule has 2 N–H and O–H groups in total. The van der Waals surface area contributed by atoms with E-state index in [4.69, 9.17) is 0 Å². The van der Waals surface area contributed by atoms with Gasteiger partial charge >= 0.3 is 0 Å². The zero-order valence-electron chi connectivity index (χ0n) is 7.98. The van der Waals surface area contributed by atoms with Crippen molar-refractivity contribution >= 4 is 0 Å². The maximum Gasteiger partial charge on any atom is 0.0615 e. The topological polar surface area (TPSA) is 27.3 Å². The Morgan fingerprint density at radius 3 is 2.55 bits per heavy atom. The van der Waals surface area contributed by atoms with Gasteiger partial charge in [0.2, 0.25) is 0 Å². The molecular weight excluding hydrogens is 138 g/mol. The maximum absolute atomic E-state index is 3.29. The summed E-state index contributed by atoms with van der Waals surface area (Å²) in [6.45, 7) is 4.20. The Labute approximate surface area is 70.1 Å². The van der Waals surface area contributed by atoms with Crippen molar-refractivity contribution in [1.82, 2.24) is 15.8 Å². The molecule has 0 spiro atoms. The zero-order chi connectivity index (χ0) is 8.53. The van der Waals surface area contributed by atoms with E-state index >= 15 is 0 Å². The molecule has 0 aromatic rings. The summed E-state index contributed by atoms with van der Waals surface area (Å²) in [6.07, 6.45) is 3.88. The second-order valence-corrected chi connectivity index (χ2v) is 2.82. The number of rotatable bonds is 7. The Morgan fingerprint density at radius 2 is 2.00 bits per heavy atom. The third-order valence-electron chi connectivity index (χ3n) is 1.56. The highest BCUT2D eigenvalue weighted by Crippen LogP contribution is 1.90. The molecule has 0 radical (unpaired) electrons. The molecule has 0 aromatic heterocycles. The summed E-state index contributed by atoms with van der Waals surface area (Å²) in [4.78, 5) is 0. The van der Waals surface area contributed by atoms with Crippen molar-refractivity contribution in [3.8, 4) is 0 Å². The van der Waals surface area contributed by atoms with Gasteiger partial charge < -0.3 is 5.32 Å². The van der Waals surface area contributed by atoms with Crippen LogP contribution in [0.4, 0.5) is 0 Å². The molecule has 68 valence electrons. The van der Waals surface area contributed by atoms with E-state index in [0.29, 0.717) is 0 Å². The smallest absolute Gasteiger partial charge is 0.0615 e. The standard InChI is InChI=1S/C8H21N3/c1-4-5-6-7-10-11(3)8-9-2/h9-10H,4-8H2,1-3H3. The lowest BCUT2D eigenvalue weighted by molar-refractivity contribution is 0.221. The molecular formula is C8H21N3. The maximum atomic E-state index is 3.29. The second kappa shape index (κ2) is 7.98. The van der Waals surface area contributed by atoms with Gasteiger partial charge in [-0.1, -0.05) is 19.8 Å². The fourth-order valence-electron chi connectivity index (χ4n) is 0.938. The summed E-state index contributed by atoms with van der Waals surface area (Å²) in [6, 6.07) is 0. The summed E-state index contributed by atoms with van der Waals surface area (Å²) >= 11 is 0. The van der Waals surface area contributed by atoms with Crippen LogP contribution in [-0.4, -0.2) is 32.3 Å². The monoisotopic (exact) mass is 159 g/mol. The summed E-state index contributed by atoms with van der Waals surface area (Å²) in [7, 11) is 3.99. The van der Waals surface area contributed by atoms with E-state index in [0.717, 1.165) is 13.2 Å². The zero-order valence-corrected chi connectivity index (χ0v) is 7.98. The van der Waals surface area contributed by atoms with E-state index in [1.54, 1.807) is 0 Å². The number of hydrogen-bond donors (Lipinski definition) is 2. The van der Waals surface area contributed by atoms with Crippen LogP contribution in [0.25, 0.3) is 0 Å². The highest BCUT2D eigenvalue weighted by molar-refractivity contribution is 4.43. The lowest BCUT2D eigenvalue weighted by Crippen LogP contribution is -2.40. The van der Waals surface area contributed by atoms with Crippen LogP contribution in [0, 0.1) is 0 Å². The van der Waals surface area contributed by atoms with Crippen LogP contribution >= 0.6 is 0 Å². The predicted octanol–water partition coefficient (Wildman–Crippen LogP) is 0.790. The first-order chi connectivity index (χ1) is 5.31. The van der Waals surface area contributed by atoms with Crippen molar-refractivity contribution in [3.63, 3.8) is 0 Å². The molecule has 0 fully saturated rings. The summed E-state index contributed by atoms with van der Waals surface area (Å²) < 4.78 is 0. The van der Waals surface area contributed by atoms with E-state index in [2.05, 4.69) is 22.7 Å². The molecule has 0 bridgehead atoms. The second-order valence-electron chi connectivity index (χ2n) is 2.82. The average molecular weight is 159 g/mol. The fraction of sp³-hybridized carbons (Fsp3) is 1.00. The predicted molar refractivity (Wildman–Crippen MR) is 49.2 cm³/mol. The first-order valence-electron chi connectivity index (χ1n) is 4.40. The van der Waals surface area contributed by atoms with Gasteiger partial charge in [0.25, 0.3) is 0 Å². The summed E-state index contributed by atoms with van der Waals surface area (Å²) in [5, 5.41) is 5.14. The molecule has 0 aliphatic rings. The molecule has 3 heteroatoms. The molecule has 0 saturated heterocycles. The van der Waals surface area contributed by atoms with Gasteiger partial charge in [-0.05, 0) is 13.5 Å². The first kappa shape index (κ1) is 10.9. The van der Waals surface area contributed by atoms with Gasteiger partial charge in [0.15, 0.2) is 0 Å². The Morgan fingerprint density at radius 1 is 1.27 bits per heavy atom. The van der Waals surface area contributed by atoms with E-state index in [1.807, 2.05) is 14.1 Å². The summed E-state index contributed by atoms with van der Waals surface area (Å²) in [5.74, 6) is 0. The normalized spacial score (nSPS) is 10.9.